The van der Waals surface area contributed by atoms with E-state index in [1.54, 1.807) is 27.9 Å². The minimum Gasteiger partial charge on any atom is -0.444 e. The van der Waals surface area contributed by atoms with Crippen LogP contribution in [0.4, 0.5) is 24.9 Å². The Labute approximate surface area is 125 Å². The van der Waals surface area contributed by atoms with Crippen LogP contribution in [0, 0.1) is 13.8 Å². The van der Waals surface area contributed by atoms with E-state index < -0.39 is 11.9 Å². The van der Waals surface area contributed by atoms with Crippen LogP contribution in [0.5, 0.6) is 0 Å². The van der Waals surface area contributed by atoms with Gasteiger partial charge in [0.15, 0.2) is 5.69 Å². The van der Waals surface area contributed by atoms with Gasteiger partial charge in [0.25, 0.3) is 0 Å². The van der Waals surface area contributed by atoms with Crippen molar-refractivity contribution in [1.82, 2.24) is 15.0 Å². The van der Waals surface area contributed by atoms with Gasteiger partial charge >= 0.3 is 6.18 Å². The molecule has 2 aromatic heterocycles. The van der Waals surface area contributed by atoms with Crippen molar-refractivity contribution in [2.45, 2.75) is 26.6 Å². The molecule has 120 valence electrons. The van der Waals surface area contributed by atoms with Gasteiger partial charge in [-0.1, -0.05) is 0 Å². The van der Waals surface area contributed by atoms with Gasteiger partial charge in [0.05, 0.1) is 12.2 Å². The first-order valence-electron chi connectivity index (χ1n) is 6.47. The third-order valence-corrected chi connectivity index (χ3v) is 2.93. The molecule has 2 heterocycles. The number of aryl methyl sites for hydroxylation is 2. The van der Waals surface area contributed by atoms with Crippen molar-refractivity contribution >= 4 is 11.8 Å². The van der Waals surface area contributed by atoms with E-state index in [4.69, 9.17) is 4.42 Å². The third-order valence-electron chi connectivity index (χ3n) is 2.93. The minimum absolute atomic E-state index is 0.100. The molecule has 9 heteroatoms. The summed E-state index contributed by atoms with van der Waals surface area (Å²) in [6.45, 7) is 3.65. The molecule has 0 radical (unpaired) electrons. The Morgan fingerprint density at radius 3 is 2.36 bits per heavy atom. The highest BCUT2D eigenvalue weighted by Gasteiger charge is 2.34. The molecule has 0 saturated heterocycles. The number of hydrogen-bond donors (Lipinski definition) is 1. The van der Waals surface area contributed by atoms with Crippen LogP contribution >= 0.6 is 0 Å². The Kier molecular flexibility index (Phi) is 4.25. The number of nitrogens with zero attached hydrogens (tertiary/aromatic N) is 4. The summed E-state index contributed by atoms with van der Waals surface area (Å²) in [4.78, 5) is 13.1. The molecule has 0 atom stereocenters. The first kappa shape index (κ1) is 16.1. The van der Waals surface area contributed by atoms with Crippen LogP contribution in [-0.4, -0.2) is 29.0 Å². The number of halogens is 3. The van der Waals surface area contributed by atoms with E-state index in [0.29, 0.717) is 11.7 Å². The Morgan fingerprint density at radius 1 is 1.18 bits per heavy atom. The second kappa shape index (κ2) is 5.82. The Bertz CT molecular complexity index is 647. The van der Waals surface area contributed by atoms with Crippen molar-refractivity contribution in [3.63, 3.8) is 0 Å². The molecule has 6 nitrogen and oxygen atoms in total. The molecule has 0 saturated carbocycles. The van der Waals surface area contributed by atoms with Gasteiger partial charge in [-0.2, -0.15) is 18.2 Å². The maximum Gasteiger partial charge on any atom is 0.433 e. The molecule has 0 aromatic carbocycles. The Hall–Kier alpha value is -2.32. The molecule has 1 N–H and O–H groups in total. The molecule has 2 rings (SSSR count). The summed E-state index contributed by atoms with van der Waals surface area (Å²) in [7, 11) is 3.21. The number of aromatic nitrogens is 3. The summed E-state index contributed by atoms with van der Waals surface area (Å²) in [5.41, 5.74) is -0.274. The smallest absolute Gasteiger partial charge is 0.433 e. The summed E-state index contributed by atoms with van der Waals surface area (Å²) in [5, 5.41) is 2.70. The van der Waals surface area contributed by atoms with E-state index >= 15 is 0 Å². The molecular formula is C13H16F3N5O. The Balaban J connectivity index is 2.24. The summed E-state index contributed by atoms with van der Waals surface area (Å²) in [6.07, 6.45) is -4.54. The van der Waals surface area contributed by atoms with Crippen molar-refractivity contribution in [1.29, 1.82) is 0 Å². The summed E-state index contributed by atoms with van der Waals surface area (Å²) >= 11 is 0. The predicted molar refractivity (Wildman–Crippen MR) is 74.7 cm³/mol. The molecule has 0 aliphatic rings. The minimum atomic E-state index is -4.54. The van der Waals surface area contributed by atoms with E-state index in [-0.39, 0.29) is 18.3 Å². The number of rotatable bonds is 4. The lowest BCUT2D eigenvalue weighted by molar-refractivity contribution is -0.141. The van der Waals surface area contributed by atoms with Crippen LogP contribution in [0.1, 0.15) is 23.0 Å². The number of hydrogen-bond acceptors (Lipinski definition) is 6. The molecule has 0 aliphatic heterocycles. The quantitative estimate of drug-likeness (QED) is 0.936. The highest BCUT2D eigenvalue weighted by molar-refractivity contribution is 5.44. The molecule has 22 heavy (non-hydrogen) atoms. The van der Waals surface area contributed by atoms with Crippen LogP contribution in [-0.2, 0) is 12.7 Å². The van der Waals surface area contributed by atoms with Gasteiger partial charge in [-0.15, -0.1) is 0 Å². The zero-order valence-electron chi connectivity index (χ0n) is 12.6. The van der Waals surface area contributed by atoms with Crippen LogP contribution in [0.3, 0.4) is 0 Å². The molecule has 0 amide bonds. The highest BCUT2D eigenvalue weighted by atomic mass is 19.4. The maximum absolute atomic E-state index is 12.9. The lowest BCUT2D eigenvalue weighted by Crippen LogP contribution is -2.17. The average molecular weight is 315 g/mol. The van der Waals surface area contributed by atoms with Crippen molar-refractivity contribution in [2.75, 3.05) is 24.3 Å². The normalized spacial score (nSPS) is 11.6. The zero-order chi connectivity index (χ0) is 16.5. The maximum atomic E-state index is 12.9. The van der Waals surface area contributed by atoms with E-state index in [2.05, 4.69) is 20.3 Å². The molecule has 0 fully saturated rings. The monoisotopic (exact) mass is 315 g/mol. The van der Waals surface area contributed by atoms with Gasteiger partial charge in [-0.3, -0.25) is 0 Å². The second-order valence-corrected chi connectivity index (χ2v) is 4.93. The van der Waals surface area contributed by atoms with Crippen LogP contribution in [0.15, 0.2) is 10.5 Å². The van der Waals surface area contributed by atoms with Crippen LogP contribution in [0.25, 0.3) is 0 Å². The first-order valence-corrected chi connectivity index (χ1v) is 6.47. The summed E-state index contributed by atoms with van der Waals surface area (Å²) in [6, 6.07) is 0.893. The molecule has 0 bridgehead atoms. The molecule has 2 aromatic rings. The topological polar surface area (TPSA) is 67.1 Å². The van der Waals surface area contributed by atoms with E-state index in [1.165, 1.54) is 4.90 Å². The lowest BCUT2D eigenvalue weighted by Gasteiger charge is -2.15. The van der Waals surface area contributed by atoms with E-state index in [1.807, 2.05) is 0 Å². The fourth-order valence-electron chi connectivity index (χ4n) is 1.66. The largest absolute Gasteiger partial charge is 0.444 e. The fourth-order valence-corrected chi connectivity index (χ4v) is 1.66. The van der Waals surface area contributed by atoms with Crippen LogP contribution < -0.4 is 10.2 Å². The standard InChI is InChI=1S/C13H16F3N5O/c1-7-8(2)22-11(18-7)6-17-12-19-9(13(14,15)16)5-10(20-12)21(3)4/h5H,6H2,1-4H3,(H,17,19,20). The van der Waals surface area contributed by atoms with Gasteiger partial charge in [-0.25, -0.2) is 9.97 Å². The van der Waals surface area contributed by atoms with Gasteiger partial charge < -0.3 is 14.6 Å². The lowest BCUT2D eigenvalue weighted by atomic mass is 10.3. The molecule has 0 spiro atoms. The number of alkyl halides is 3. The number of oxazole rings is 1. The van der Waals surface area contributed by atoms with Crippen molar-refractivity contribution in [3.8, 4) is 0 Å². The SMILES string of the molecule is Cc1nc(CNc2nc(N(C)C)cc(C(F)(F)F)n2)oc1C. The van der Waals surface area contributed by atoms with Crippen molar-refractivity contribution in [2.24, 2.45) is 0 Å². The molecule has 0 unspecified atom stereocenters. The zero-order valence-corrected chi connectivity index (χ0v) is 12.6. The highest BCUT2D eigenvalue weighted by Crippen LogP contribution is 2.30. The average Bonchev–Trinajstić information content (AvgIpc) is 2.74. The molecular weight excluding hydrogens is 299 g/mol. The van der Waals surface area contributed by atoms with E-state index in [0.717, 1.165) is 11.8 Å². The Morgan fingerprint density at radius 2 is 1.86 bits per heavy atom. The van der Waals surface area contributed by atoms with Gasteiger partial charge in [0.1, 0.15) is 11.6 Å². The number of anilines is 2. The first-order chi connectivity index (χ1) is 10.2. The van der Waals surface area contributed by atoms with E-state index in [9.17, 15) is 13.2 Å². The predicted octanol–water partition coefficient (Wildman–Crippen LogP) is 2.78. The second-order valence-electron chi connectivity index (χ2n) is 4.93. The van der Waals surface area contributed by atoms with Gasteiger partial charge in [0.2, 0.25) is 11.8 Å². The third kappa shape index (κ3) is 3.66. The summed E-state index contributed by atoms with van der Waals surface area (Å²) in [5.74, 6) is 1.05. The van der Waals surface area contributed by atoms with Gasteiger partial charge in [0, 0.05) is 20.2 Å². The van der Waals surface area contributed by atoms with Gasteiger partial charge in [-0.05, 0) is 13.8 Å². The van der Waals surface area contributed by atoms with Crippen molar-refractivity contribution in [3.05, 3.63) is 29.1 Å². The van der Waals surface area contributed by atoms with Crippen LogP contribution in [0.2, 0.25) is 0 Å². The van der Waals surface area contributed by atoms with Crippen molar-refractivity contribution < 1.29 is 17.6 Å². The number of nitrogens with one attached hydrogen (secondary N) is 1. The molecule has 0 aliphatic carbocycles. The fraction of sp³-hybridized carbons (Fsp3) is 0.462. The summed E-state index contributed by atoms with van der Waals surface area (Å²) < 4.78 is 43.9.